The number of rotatable bonds is 4. The third kappa shape index (κ3) is 4.26. The number of fused-ring (bicyclic) bond motifs is 1. The molecule has 0 aliphatic carbocycles. The Kier molecular flexibility index (Phi) is 6.70. The highest BCUT2D eigenvalue weighted by atomic mass is 127. The van der Waals surface area contributed by atoms with Gasteiger partial charge in [0.1, 0.15) is 11.8 Å². The summed E-state index contributed by atoms with van der Waals surface area (Å²) in [6, 6.07) is 6.88. The number of esters is 1. The van der Waals surface area contributed by atoms with Crippen LogP contribution in [0.2, 0.25) is 0 Å². The maximum absolute atomic E-state index is 13.5. The van der Waals surface area contributed by atoms with Crippen molar-refractivity contribution in [3.8, 4) is 5.75 Å². The van der Waals surface area contributed by atoms with Gasteiger partial charge in [-0.05, 0) is 94.2 Å². The van der Waals surface area contributed by atoms with E-state index in [0.29, 0.717) is 27.7 Å². The summed E-state index contributed by atoms with van der Waals surface area (Å²) in [6.07, 6.45) is 1.79. The van der Waals surface area contributed by atoms with Crippen molar-refractivity contribution in [2.24, 2.45) is 4.99 Å². The Bertz CT molecular complexity index is 1360. The topological polar surface area (TPSA) is 80.9 Å². The molecule has 1 aromatic carbocycles. The van der Waals surface area contributed by atoms with Crippen LogP contribution in [0.15, 0.2) is 50.7 Å². The lowest BCUT2D eigenvalue weighted by Crippen LogP contribution is -2.39. The number of carbonyl (C=O) groups is 1. The molecule has 0 bridgehead atoms. The number of phenols is 1. The van der Waals surface area contributed by atoms with Crippen molar-refractivity contribution >= 4 is 79.9 Å². The highest BCUT2D eigenvalue weighted by molar-refractivity contribution is 14.1. The number of benzene rings is 1. The summed E-state index contributed by atoms with van der Waals surface area (Å²) in [6.45, 7) is 3.77. The van der Waals surface area contributed by atoms with Gasteiger partial charge in [0, 0.05) is 4.88 Å². The molecule has 31 heavy (non-hydrogen) atoms. The molecule has 10 heteroatoms. The maximum Gasteiger partial charge on any atom is 0.338 e. The van der Waals surface area contributed by atoms with Gasteiger partial charge in [-0.25, -0.2) is 9.79 Å². The quantitative estimate of drug-likeness (QED) is 0.337. The van der Waals surface area contributed by atoms with Crippen molar-refractivity contribution in [1.29, 1.82) is 0 Å². The van der Waals surface area contributed by atoms with E-state index in [1.807, 2.05) is 29.6 Å². The third-order valence-corrected chi connectivity index (χ3v) is 8.22. The van der Waals surface area contributed by atoms with E-state index in [-0.39, 0.29) is 17.9 Å². The van der Waals surface area contributed by atoms with Gasteiger partial charge in [-0.3, -0.25) is 9.36 Å². The number of nitrogens with zero attached hydrogens (tertiary/aromatic N) is 2. The first-order valence-electron chi connectivity index (χ1n) is 9.23. The van der Waals surface area contributed by atoms with Gasteiger partial charge in [0.2, 0.25) is 0 Å². The van der Waals surface area contributed by atoms with Gasteiger partial charge >= 0.3 is 5.97 Å². The fraction of sp³-hybridized carbons (Fsp3) is 0.190. The molecule has 1 aliphatic heterocycles. The van der Waals surface area contributed by atoms with Crippen LogP contribution in [0, 0.1) is 7.14 Å². The average Bonchev–Trinajstić information content (AvgIpc) is 3.34. The summed E-state index contributed by atoms with van der Waals surface area (Å²) in [7, 11) is 0. The van der Waals surface area contributed by atoms with E-state index in [0.717, 1.165) is 10.4 Å². The van der Waals surface area contributed by atoms with Crippen LogP contribution in [0.5, 0.6) is 5.75 Å². The first-order valence-corrected chi connectivity index (χ1v) is 13.1. The van der Waals surface area contributed by atoms with Gasteiger partial charge in [0.15, 0.2) is 4.80 Å². The predicted molar refractivity (Wildman–Crippen MR) is 138 cm³/mol. The molecular weight excluding hydrogens is 662 g/mol. The molecule has 3 aromatic rings. The molecular formula is C21H16I2N2O4S2. The van der Waals surface area contributed by atoms with Crippen LogP contribution >= 0.6 is 67.9 Å². The van der Waals surface area contributed by atoms with E-state index in [2.05, 4.69) is 50.2 Å². The number of thiazole rings is 1. The maximum atomic E-state index is 13.5. The summed E-state index contributed by atoms with van der Waals surface area (Å²) < 4.78 is 8.79. The van der Waals surface area contributed by atoms with E-state index < -0.39 is 12.0 Å². The number of halogens is 2. The number of aromatic nitrogens is 1. The molecule has 0 amide bonds. The Balaban J connectivity index is 1.94. The van der Waals surface area contributed by atoms with Crippen LogP contribution in [0.25, 0.3) is 6.08 Å². The van der Waals surface area contributed by atoms with Crippen LogP contribution in [0.4, 0.5) is 0 Å². The minimum atomic E-state index is -0.572. The predicted octanol–water partition coefficient (Wildman–Crippen LogP) is 3.77. The van der Waals surface area contributed by atoms with Crippen LogP contribution in [-0.2, 0) is 9.53 Å². The lowest BCUT2D eigenvalue weighted by Gasteiger charge is -2.23. The Hall–Kier alpha value is -1.51. The normalized spacial score (nSPS) is 16.3. The van der Waals surface area contributed by atoms with Gasteiger partial charge < -0.3 is 9.84 Å². The second-order valence-corrected chi connectivity index (χ2v) is 11.0. The number of aromatic hydroxyl groups is 1. The summed E-state index contributed by atoms with van der Waals surface area (Å²) >= 11 is 6.90. The van der Waals surface area contributed by atoms with Crippen molar-refractivity contribution in [3.63, 3.8) is 0 Å². The second-order valence-electron chi connectivity index (χ2n) is 6.65. The number of allylic oxidation sites excluding steroid dienone is 1. The molecule has 160 valence electrons. The third-order valence-electron chi connectivity index (χ3n) is 4.67. The molecule has 0 unspecified atom stereocenters. The first-order chi connectivity index (χ1) is 14.8. The van der Waals surface area contributed by atoms with Gasteiger partial charge in [0.25, 0.3) is 5.56 Å². The summed E-state index contributed by atoms with van der Waals surface area (Å²) in [4.78, 5) is 32.2. The highest BCUT2D eigenvalue weighted by Gasteiger charge is 2.33. The minimum Gasteiger partial charge on any atom is -0.506 e. The summed E-state index contributed by atoms with van der Waals surface area (Å²) in [5.41, 5.74) is 1.54. The zero-order chi connectivity index (χ0) is 22.3. The Labute approximate surface area is 212 Å². The molecule has 0 spiro atoms. The number of phenolic OH excluding ortho intramolecular Hbond substituents is 1. The van der Waals surface area contributed by atoms with Crippen molar-refractivity contribution in [3.05, 3.63) is 78.2 Å². The van der Waals surface area contributed by atoms with E-state index in [1.165, 1.54) is 22.7 Å². The Morgan fingerprint density at radius 3 is 2.68 bits per heavy atom. The van der Waals surface area contributed by atoms with Crippen LogP contribution in [0.3, 0.4) is 0 Å². The SMILES string of the molecule is CCOC(=O)C1=C(C)N=c2s/c(=C\c3cc(I)c(O)c(I)c3)c(=O)n2[C@@H]1c1cccs1. The number of ether oxygens (including phenoxy) is 1. The van der Waals surface area contributed by atoms with Crippen LogP contribution in [-0.4, -0.2) is 22.2 Å². The Morgan fingerprint density at radius 2 is 2.06 bits per heavy atom. The lowest BCUT2D eigenvalue weighted by atomic mass is 10.0. The molecule has 3 heterocycles. The molecule has 4 rings (SSSR count). The van der Waals surface area contributed by atoms with Crippen molar-refractivity contribution in [2.75, 3.05) is 6.61 Å². The number of thiophene rings is 1. The molecule has 1 N–H and O–H groups in total. The zero-order valence-electron chi connectivity index (χ0n) is 16.4. The number of hydrogen-bond acceptors (Lipinski definition) is 7. The fourth-order valence-electron chi connectivity index (χ4n) is 3.33. The van der Waals surface area contributed by atoms with E-state index in [9.17, 15) is 14.7 Å². The van der Waals surface area contributed by atoms with Gasteiger partial charge in [-0.2, -0.15) is 0 Å². The van der Waals surface area contributed by atoms with E-state index >= 15 is 0 Å². The fourth-order valence-corrected chi connectivity index (χ4v) is 7.01. The molecule has 1 atom stereocenters. The van der Waals surface area contributed by atoms with Crippen LogP contribution in [0.1, 0.15) is 30.3 Å². The van der Waals surface area contributed by atoms with Crippen molar-refractivity contribution in [2.45, 2.75) is 19.9 Å². The average molecular weight is 678 g/mol. The molecule has 6 nitrogen and oxygen atoms in total. The highest BCUT2D eigenvalue weighted by Crippen LogP contribution is 2.33. The molecule has 2 aromatic heterocycles. The lowest BCUT2D eigenvalue weighted by molar-refractivity contribution is -0.139. The summed E-state index contributed by atoms with van der Waals surface area (Å²) in [5.74, 6) is -0.230. The van der Waals surface area contributed by atoms with E-state index in [4.69, 9.17) is 4.74 Å². The molecule has 0 saturated carbocycles. The summed E-state index contributed by atoms with van der Waals surface area (Å²) in [5, 5.41) is 11.9. The van der Waals surface area contributed by atoms with Gasteiger partial charge in [0.05, 0.1) is 29.5 Å². The minimum absolute atomic E-state index is 0.213. The van der Waals surface area contributed by atoms with Crippen LogP contribution < -0.4 is 14.9 Å². The molecule has 0 radical (unpaired) electrons. The second kappa shape index (κ2) is 9.16. The zero-order valence-corrected chi connectivity index (χ0v) is 22.3. The van der Waals surface area contributed by atoms with Gasteiger partial charge in [-0.1, -0.05) is 17.4 Å². The van der Waals surface area contributed by atoms with Gasteiger partial charge in [-0.15, -0.1) is 11.3 Å². The monoisotopic (exact) mass is 678 g/mol. The molecule has 1 aliphatic rings. The largest absolute Gasteiger partial charge is 0.506 e. The molecule has 0 saturated heterocycles. The van der Waals surface area contributed by atoms with Crippen molar-refractivity contribution < 1.29 is 14.6 Å². The smallest absolute Gasteiger partial charge is 0.338 e. The molecule has 0 fully saturated rings. The standard InChI is InChI=1S/C21H16I2N2O4S2/c1-3-29-20(28)16-10(2)24-21-25(17(16)14-5-4-6-30-14)19(27)15(31-21)9-11-7-12(22)18(26)13(23)8-11/h4-9,17,26H,3H2,1-2H3/b15-9-/t17-/m1/s1. The number of carbonyl (C=O) groups excluding carboxylic acids is 1. The number of hydrogen-bond donors (Lipinski definition) is 1. The Morgan fingerprint density at radius 1 is 1.35 bits per heavy atom. The first kappa shape index (κ1) is 22.7. The van der Waals surface area contributed by atoms with E-state index in [1.54, 1.807) is 24.5 Å². The van der Waals surface area contributed by atoms with Crippen molar-refractivity contribution in [1.82, 2.24) is 4.57 Å².